The molecule has 8 nitrogen and oxygen atoms in total. The van der Waals surface area contributed by atoms with Gasteiger partial charge in [-0.3, -0.25) is 14.5 Å². The molecular weight excluding hydrogens is 374 g/mol. The van der Waals surface area contributed by atoms with E-state index < -0.39 is 29.6 Å². The van der Waals surface area contributed by atoms with Crippen LogP contribution >= 0.6 is 0 Å². The van der Waals surface area contributed by atoms with Crippen molar-refractivity contribution >= 4 is 17.9 Å². The lowest BCUT2D eigenvalue weighted by Gasteiger charge is -2.38. The minimum absolute atomic E-state index is 0.00982. The van der Waals surface area contributed by atoms with Crippen molar-refractivity contribution in [2.24, 2.45) is 5.92 Å². The fourth-order valence-corrected chi connectivity index (χ4v) is 4.05. The van der Waals surface area contributed by atoms with Crippen molar-refractivity contribution in [3.8, 4) is 0 Å². The second kappa shape index (κ2) is 8.90. The zero-order valence-electron chi connectivity index (χ0n) is 18.9. The normalized spacial score (nSPS) is 26.9. The Labute approximate surface area is 174 Å². The minimum atomic E-state index is -0.963. The summed E-state index contributed by atoms with van der Waals surface area (Å²) in [7, 11) is 0. The second-order valence-corrected chi connectivity index (χ2v) is 9.48. The fourth-order valence-electron chi connectivity index (χ4n) is 4.05. The van der Waals surface area contributed by atoms with Gasteiger partial charge in [0, 0.05) is 19.6 Å². The van der Waals surface area contributed by atoms with Gasteiger partial charge in [-0.15, -0.1) is 0 Å². The first kappa shape index (κ1) is 23.4. The maximum atomic E-state index is 13.4. The van der Waals surface area contributed by atoms with Crippen molar-refractivity contribution in [2.75, 3.05) is 19.6 Å². The summed E-state index contributed by atoms with van der Waals surface area (Å²) in [5.74, 6) is -0.425. The molecule has 0 aromatic heterocycles. The Hall–Kier alpha value is -1.83. The molecule has 0 bridgehead atoms. The number of amides is 3. The van der Waals surface area contributed by atoms with Crippen LogP contribution in [0, 0.1) is 5.92 Å². The van der Waals surface area contributed by atoms with Gasteiger partial charge in [-0.25, -0.2) is 4.79 Å². The van der Waals surface area contributed by atoms with E-state index in [0.717, 1.165) is 19.3 Å². The van der Waals surface area contributed by atoms with Crippen LogP contribution < -0.4 is 5.32 Å². The molecule has 3 atom stereocenters. The van der Waals surface area contributed by atoms with E-state index in [-0.39, 0.29) is 17.7 Å². The van der Waals surface area contributed by atoms with Crippen molar-refractivity contribution in [1.29, 1.82) is 0 Å². The molecule has 2 heterocycles. The van der Waals surface area contributed by atoms with Crippen LogP contribution in [0.15, 0.2) is 0 Å². The molecule has 166 valence electrons. The van der Waals surface area contributed by atoms with Crippen LogP contribution in [-0.4, -0.2) is 70.8 Å². The second-order valence-electron chi connectivity index (χ2n) is 9.48. The van der Waals surface area contributed by atoms with Crippen molar-refractivity contribution in [1.82, 2.24) is 15.1 Å². The average Bonchev–Trinajstić information content (AvgIpc) is 2.86. The van der Waals surface area contributed by atoms with E-state index in [1.165, 1.54) is 4.90 Å². The fraction of sp³-hybridized carbons (Fsp3) is 0.857. The molecule has 8 heteroatoms. The smallest absolute Gasteiger partial charge is 0.413 e. The Morgan fingerprint density at radius 3 is 2.48 bits per heavy atom. The predicted octanol–water partition coefficient (Wildman–Crippen LogP) is 2.51. The summed E-state index contributed by atoms with van der Waals surface area (Å²) in [6.45, 7) is 14.3. The molecule has 0 radical (unpaired) electrons. The van der Waals surface area contributed by atoms with Crippen LogP contribution in [0.1, 0.15) is 67.7 Å². The van der Waals surface area contributed by atoms with E-state index in [1.807, 2.05) is 6.92 Å². The van der Waals surface area contributed by atoms with Gasteiger partial charge >= 0.3 is 6.09 Å². The maximum Gasteiger partial charge on any atom is 0.413 e. The summed E-state index contributed by atoms with van der Waals surface area (Å²) in [4.78, 5) is 41.8. The van der Waals surface area contributed by atoms with Crippen molar-refractivity contribution in [3.05, 3.63) is 0 Å². The average molecular weight is 412 g/mol. The van der Waals surface area contributed by atoms with Crippen LogP contribution in [0.3, 0.4) is 0 Å². The molecule has 0 aliphatic carbocycles. The lowest BCUT2D eigenvalue weighted by molar-refractivity contribution is -0.141. The highest BCUT2D eigenvalue weighted by Gasteiger charge is 2.54. The van der Waals surface area contributed by atoms with Crippen LogP contribution in [0.4, 0.5) is 4.79 Å². The van der Waals surface area contributed by atoms with Gasteiger partial charge in [0.25, 0.3) is 0 Å². The van der Waals surface area contributed by atoms with E-state index in [4.69, 9.17) is 9.47 Å². The largest absolute Gasteiger partial charge is 0.444 e. The zero-order chi connectivity index (χ0) is 22.0. The molecule has 2 aliphatic rings. The molecule has 0 spiro atoms. The quantitative estimate of drug-likeness (QED) is 0.768. The number of ether oxygens (including phenoxy) is 2. The third-order valence-corrected chi connectivity index (χ3v) is 5.27. The number of hydrogen-bond donors (Lipinski definition) is 1. The molecule has 0 saturated carbocycles. The first-order valence-corrected chi connectivity index (χ1v) is 10.6. The van der Waals surface area contributed by atoms with Gasteiger partial charge in [0.2, 0.25) is 11.8 Å². The summed E-state index contributed by atoms with van der Waals surface area (Å²) < 4.78 is 11.5. The third kappa shape index (κ3) is 5.62. The highest BCUT2D eigenvalue weighted by atomic mass is 16.6. The molecule has 0 aromatic rings. The zero-order valence-corrected chi connectivity index (χ0v) is 18.9. The van der Waals surface area contributed by atoms with Gasteiger partial charge in [-0.2, -0.15) is 0 Å². The topological polar surface area (TPSA) is 88.2 Å². The first-order chi connectivity index (χ1) is 13.4. The van der Waals surface area contributed by atoms with E-state index in [0.29, 0.717) is 19.6 Å². The number of carbonyl (C=O) groups excluding carboxylic acids is 3. The molecule has 2 aliphatic heterocycles. The first-order valence-electron chi connectivity index (χ1n) is 10.6. The summed E-state index contributed by atoms with van der Waals surface area (Å²) in [5.41, 5.74) is -1.64. The van der Waals surface area contributed by atoms with E-state index in [1.54, 1.807) is 46.4 Å². The number of piperidine rings is 1. The third-order valence-electron chi connectivity index (χ3n) is 5.27. The van der Waals surface area contributed by atoms with Crippen LogP contribution in [-0.2, 0) is 19.1 Å². The van der Waals surface area contributed by atoms with Crippen molar-refractivity contribution in [2.45, 2.75) is 91.2 Å². The van der Waals surface area contributed by atoms with Gasteiger partial charge in [0.1, 0.15) is 17.4 Å². The van der Waals surface area contributed by atoms with Crippen LogP contribution in [0.2, 0.25) is 0 Å². The van der Waals surface area contributed by atoms with Gasteiger partial charge in [-0.1, -0.05) is 6.92 Å². The Morgan fingerprint density at radius 2 is 1.90 bits per heavy atom. The van der Waals surface area contributed by atoms with E-state index in [9.17, 15) is 14.4 Å². The van der Waals surface area contributed by atoms with E-state index >= 15 is 0 Å². The highest BCUT2D eigenvalue weighted by molar-refractivity contribution is 5.88. The number of rotatable bonds is 4. The Kier molecular flexibility index (Phi) is 7.19. The molecule has 29 heavy (non-hydrogen) atoms. The molecule has 2 saturated heterocycles. The minimum Gasteiger partial charge on any atom is -0.444 e. The Morgan fingerprint density at radius 1 is 1.24 bits per heavy atom. The van der Waals surface area contributed by atoms with Crippen molar-refractivity contribution in [3.63, 3.8) is 0 Å². The number of nitrogens with one attached hydrogen (secondary N) is 1. The van der Waals surface area contributed by atoms with Crippen LogP contribution in [0.25, 0.3) is 0 Å². The molecule has 2 fully saturated rings. The number of likely N-dealkylation sites (tertiary alicyclic amines) is 1. The lowest BCUT2D eigenvalue weighted by Crippen LogP contribution is -2.58. The monoisotopic (exact) mass is 411 g/mol. The molecule has 0 aromatic carbocycles. The molecule has 1 N–H and O–H groups in total. The van der Waals surface area contributed by atoms with E-state index in [2.05, 4.69) is 5.32 Å². The predicted molar refractivity (Wildman–Crippen MR) is 109 cm³/mol. The molecular formula is C21H37N3O5. The summed E-state index contributed by atoms with van der Waals surface area (Å²) in [5, 5.41) is 2.92. The Bertz CT molecular complexity index is 628. The Balaban J connectivity index is 2.17. The number of carbonyl (C=O) groups is 3. The van der Waals surface area contributed by atoms with Gasteiger partial charge in [0.05, 0.1) is 12.0 Å². The SMILES string of the molecule is CCCNC(=O)[C@@H]1CCCN(C(=O)[C@H]2[C@H](C)OC(C)(C)N2C(=O)OC(C)(C)C)C1. The van der Waals surface area contributed by atoms with Gasteiger partial charge in [-0.05, 0) is 60.8 Å². The van der Waals surface area contributed by atoms with Gasteiger partial charge in [0.15, 0.2) is 0 Å². The number of nitrogens with zero attached hydrogens (tertiary/aromatic N) is 2. The molecule has 2 rings (SSSR count). The number of hydrogen-bond acceptors (Lipinski definition) is 5. The molecule has 3 amide bonds. The standard InChI is InChI=1S/C21H37N3O5/c1-8-11-22-17(25)15-10-9-12-23(13-15)18(26)16-14(2)28-21(6,7)24(16)19(27)29-20(3,4)5/h14-16H,8-13H2,1-7H3,(H,22,25)/t14-,15+,16+/m0/s1. The van der Waals surface area contributed by atoms with Gasteiger partial charge < -0.3 is 19.7 Å². The summed E-state index contributed by atoms with van der Waals surface area (Å²) in [6.07, 6.45) is 1.35. The molecule has 0 unspecified atom stereocenters. The van der Waals surface area contributed by atoms with Crippen LogP contribution in [0.5, 0.6) is 0 Å². The maximum absolute atomic E-state index is 13.4. The summed E-state index contributed by atoms with van der Waals surface area (Å²) in [6, 6.07) is -0.780. The van der Waals surface area contributed by atoms with Crippen molar-refractivity contribution < 1.29 is 23.9 Å². The lowest BCUT2D eigenvalue weighted by atomic mass is 9.96. The summed E-state index contributed by atoms with van der Waals surface area (Å²) >= 11 is 0. The highest BCUT2D eigenvalue weighted by Crippen LogP contribution is 2.35.